The molecule has 2 fully saturated rings. The number of para-hydroxylation sites is 1. The van der Waals surface area contributed by atoms with Crippen LogP contribution in [0.15, 0.2) is 48.9 Å². The van der Waals surface area contributed by atoms with Gasteiger partial charge in [-0.1, -0.05) is 18.2 Å². The molecule has 0 radical (unpaired) electrons. The van der Waals surface area contributed by atoms with Crippen molar-refractivity contribution in [2.24, 2.45) is 5.92 Å². The summed E-state index contributed by atoms with van der Waals surface area (Å²) in [7, 11) is 1.62. The smallest absolute Gasteiger partial charge is 0.274 e. The molecule has 0 saturated carbocycles. The molecular weight excluding hydrogens is 482 g/mol. The highest BCUT2D eigenvalue weighted by Gasteiger charge is 2.35. The van der Waals surface area contributed by atoms with Gasteiger partial charge in [0.25, 0.3) is 5.91 Å². The molecule has 2 saturated heterocycles. The van der Waals surface area contributed by atoms with Gasteiger partial charge in [-0.15, -0.1) is 0 Å². The molecule has 5 heterocycles. The van der Waals surface area contributed by atoms with Gasteiger partial charge in [-0.25, -0.2) is 15.0 Å². The average molecular weight is 514 g/mol. The van der Waals surface area contributed by atoms with Crippen LogP contribution in [0, 0.1) is 12.8 Å². The Labute approximate surface area is 221 Å². The van der Waals surface area contributed by atoms with Crippen LogP contribution in [0.25, 0.3) is 22.2 Å². The number of carbonyl (C=O) groups is 1. The van der Waals surface area contributed by atoms with Crippen molar-refractivity contribution in [3.05, 3.63) is 66.1 Å². The van der Waals surface area contributed by atoms with Gasteiger partial charge >= 0.3 is 0 Å². The number of carbonyl (C=O) groups excluding carboxylic acids is 1. The molecule has 6 rings (SSSR count). The third-order valence-corrected chi connectivity index (χ3v) is 7.35. The summed E-state index contributed by atoms with van der Waals surface area (Å²) in [5.41, 5.74) is 3.59. The van der Waals surface area contributed by atoms with Crippen LogP contribution in [-0.4, -0.2) is 87.1 Å². The lowest BCUT2D eigenvalue weighted by Gasteiger charge is -2.41. The number of rotatable bonds is 6. The molecular formula is C28H31N7O3. The molecule has 0 spiro atoms. The quantitative estimate of drug-likeness (QED) is 0.418. The van der Waals surface area contributed by atoms with Crippen molar-refractivity contribution in [3.8, 4) is 17.1 Å². The number of aromatic nitrogens is 5. The van der Waals surface area contributed by atoms with Gasteiger partial charge in [0.05, 0.1) is 48.6 Å². The number of benzene rings is 1. The molecule has 10 heteroatoms. The van der Waals surface area contributed by atoms with Crippen LogP contribution >= 0.6 is 0 Å². The van der Waals surface area contributed by atoms with Gasteiger partial charge in [0.1, 0.15) is 17.6 Å². The number of aromatic amines is 1. The highest BCUT2D eigenvalue weighted by atomic mass is 16.5. The largest absolute Gasteiger partial charge is 0.480 e. The molecule has 2 atom stereocenters. The van der Waals surface area contributed by atoms with E-state index < -0.39 is 0 Å². The summed E-state index contributed by atoms with van der Waals surface area (Å²) in [6, 6.07) is 9.72. The Morgan fingerprint density at radius 1 is 1.16 bits per heavy atom. The van der Waals surface area contributed by atoms with Gasteiger partial charge in [0.15, 0.2) is 0 Å². The van der Waals surface area contributed by atoms with E-state index in [1.54, 1.807) is 25.7 Å². The first-order chi connectivity index (χ1) is 18.6. The van der Waals surface area contributed by atoms with E-state index in [9.17, 15) is 4.79 Å². The Bertz CT molecular complexity index is 1430. The second-order valence-electron chi connectivity index (χ2n) is 9.97. The molecule has 0 bridgehead atoms. The van der Waals surface area contributed by atoms with Crippen molar-refractivity contribution >= 4 is 16.8 Å². The topological polar surface area (TPSA) is 109 Å². The Hall–Kier alpha value is -3.89. The molecule has 1 amide bonds. The molecule has 1 N–H and O–H groups in total. The Morgan fingerprint density at radius 2 is 2.05 bits per heavy atom. The average Bonchev–Trinajstić information content (AvgIpc) is 3.65. The highest BCUT2D eigenvalue weighted by molar-refractivity contribution is 5.92. The molecule has 2 unspecified atom stereocenters. The second kappa shape index (κ2) is 10.5. The lowest BCUT2D eigenvalue weighted by Crippen LogP contribution is -2.52. The van der Waals surface area contributed by atoms with E-state index in [4.69, 9.17) is 14.5 Å². The maximum absolute atomic E-state index is 13.6. The number of piperazine rings is 1. The van der Waals surface area contributed by atoms with Gasteiger partial charge in [-0.05, 0) is 31.4 Å². The number of pyridine rings is 1. The predicted molar refractivity (Wildman–Crippen MR) is 142 cm³/mol. The highest BCUT2D eigenvalue weighted by Crippen LogP contribution is 2.33. The third kappa shape index (κ3) is 4.84. The van der Waals surface area contributed by atoms with Crippen LogP contribution < -0.4 is 4.74 Å². The van der Waals surface area contributed by atoms with Crippen LogP contribution in [0.4, 0.5) is 0 Å². The number of fused-ring (bicyclic) bond motifs is 1. The Kier molecular flexibility index (Phi) is 6.73. The summed E-state index contributed by atoms with van der Waals surface area (Å²) in [6.45, 7) is 6.44. The van der Waals surface area contributed by atoms with E-state index in [0.717, 1.165) is 66.4 Å². The third-order valence-electron chi connectivity index (χ3n) is 7.35. The SMILES string of the molecule is COc1nc2ccccc2cc1-c1cnc(C2CN(CC3CCOC3)CCN2C(=O)c2cnc(C)cn2)[nH]1. The van der Waals surface area contributed by atoms with Crippen molar-refractivity contribution in [2.45, 2.75) is 19.4 Å². The zero-order valence-corrected chi connectivity index (χ0v) is 21.6. The van der Waals surface area contributed by atoms with Gasteiger partial charge in [-0.3, -0.25) is 14.7 Å². The van der Waals surface area contributed by atoms with Gasteiger partial charge in [-0.2, -0.15) is 0 Å². The number of methoxy groups -OCH3 is 1. The first-order valence-electron chi connectivity index (χ1n) is 13.0. The van der Waals surface area contributed by atoms with E-state index in [1.165, 1.54) is 0 Å². The number of nitrogens with zero attached hydrogens (tertiary/aromatic N) is 6. The van der Waals surface area contributed by atoms with Gasteiger partial charge in [0, 0.05) is 44.4 Å². The summed E-state index contributed by atoms with van der Waals surface area (Å²) < 4.78 is 11.2. The van der Waals surface area contributed by atoms with Gasteiger partial charge in [0.2, 0.25) is 5.88 Å². The first-order valence-corrected chi connectivity index (χ1v) is 13.0. The van der Waals surface area contributed by atoms with E-state index in [1.807, 2.05) is 36.1 Å². The standard InChI is InChI=1S/C28H31N7O3/c1-18-12-30-24(14-29-18)28(36)35-9-8-34(15-19-7-10-38-17-19)16-25(35)26-31-13-23(32-26)21-11-20-5-3-4-6-22(20)33-27(21)37-2/h3-6,11-14,19,25H,7-10,15-17H2,1-2H3,(H,31,32). The number of hydrogen-bond donors (Lipinski definition) is 1. The van der Waals surface area contributed by atoms with E-state index in [0.29, 0.717) is 30.6 Å². The molecule has 2 aliphatic rings. The minimum absolute atomic E-state index is 0.144. The summed E-state index contributed by atoms with van der Waals surface area (Å²) in [4.78, 5) is 39.4. The fourth-order valence-electron chi connectivity index (χ4n) is 5.31. The van der Waals surface area contributed by atoms with Crippen molar-refractivity contribution in [1.82, 2.24) is 34.7 Å². The normalized spacial score (nSPS) is 20.2. The molecule has 3 aromatic heterocycles. The lowest BCUT2D eigenvalue weighted by molar-refractivity contribution is 0.0388. The summed E-state index contributed by atoms with van der Waals surface area (Å²) in [6.07, 6.45) is 6.04. The van der Waals surface area contributed by atoms with Crippen LogP contribution in [0.1, 0.15) is 34.5 Å². The maximum atomic E-state index is 13.6. The van der Waals surface area contributed by atoms with Crippen molar-refractivity contribution < 1.29 is 14.3 Å². The van der Waals surface area contributed by atoms with Crippen molar-refractivity contribution in [2.75, 3.05) is 46.5 Å². The maximum Gasteiger partial charge on any atom is 0.274 e. The second-order valence-corrected chi connectivity index (χ2v) is 9.97. The van der Waals surface area contributed by atoms with E-state index in [-0.39, 0.29) is 11.9 Å². The number of ether oxygens (including phenoxy) is 2. The van der Waals surface area contributed by atoms with Crippen LogP contribution in [0.3, 0.4) is 0 Å². The molecule has 2 aliphatic heterocycles. The minimum atomic E-state index is -0.269. The number of imidazole rings is 1. The molecule has 10 nitrogen and oxygen atoms in total. The number of hydrogen-bond acceptors (Lipinski definition) is 8. The van der Waals surface area contributed by atoms with E-state index >= 15 is 0 Å². The summed E-state index contributed by atoms with van der Waals surface area (Å²) in [5, 5.41) is 1.01. The molecule has 0 aliphatic carbocycles. The van der Waals surface area contributed by atoms with Crippen LogP contribution in [0.2, 0.25) is 0 Å². The molecule has 196 valence electrons. The summed E-state index contributed by atoms with van der Waals surface area (Å²) in [5.74, 6) is 1.61. The monoisotopic (exact) mass is 513 g/mol. The first kappa shape index (κ1) is 24.4. The minimum Gasteiger partial charge on any atom is -0.480 e. The molecule has 38 heavy (non-hydrogen) atoms. The fraction of sp³-hybridized carbons (Fsp3) is 0.393. The lowest BCUT2D eigenvalue weighted by atomic mass is 10.1. The number of amides is 1. The summed E-state index contributed by atoms with van der Waals surface area (Å²) >= 11 is 0. The van der Waals surface area contributed by atoms with Crippen molar-refractivity contribution in [3.63, 3.8) is 0 Å². The Balaban J connectivity index is 1.33. The fourth-order valence-corrected chi connectivity index (χ4v) is 5.31. The van der Waals surface area contributed by atoms with Crippen molar-refractivity contribution in [1.29, 1.82) is 0 Å². The van der Waals surface area contributed by atoms with E-state index in [2.05, 4.69) is 30.9 Å². The number of H-pyrrole nitrogens is 1. The van der Waals surface area contributed by atoms with Crippen LogP contribution in [-0.2, 0) is 4.74 Å². The Morgan fingerprint density at radius 3 is 2.84 bits per heavy atom. The number of aryl methyl sites for hydroxylation is 1. The zero-order chi connectivity index (χ0) is 26.1. The number of nitrogens with one attached hydrogen (secondary N) is 1. The zero-order valence-electron chi connectivity index (χ0n) is 21.6. The molecule has 4 aromatic rings. The van der Waals surface area contributed by atoms with Crippen LogP contribution in [0.5, 0.6) is 5.88 Å². The van der Waals surface area contributed by atoms with Gasteiger partial charge < -0.3 is 19.4 Å². The predicted octanol–water partition coefficient (Wildman–Crippen LogP) is 3.27. The molecule has 1 aromatic carbocycles.